The van der Waals surface area contributed by atoms with E-state index in [4.69, 9.17) is 0 Å². The minimum Gasteiger partial charge on any atom is -0.255 e. The van der Waals surface area contributed by atoms with Gasteiger partial charge in [0, 0.05) is 0 Å². The van der Waals surface area contributed by atoms with Crippen molar-refractivity contribution in [1.82, 2.24) is 4.98 Å². The molecule has 1 heterocycles. The Morgan fingerprint density at radius 3 is 2.54 bits per heavy atom. The zero-order valence-electron chi connectivity index (χ0n) is 12.9. The number of anilines is 1. The van der Waals surface area contributed by atoms with E-state index in [1.807, 2.05) is 55.5 Å². The maximum atomic E-state index is 12.7. The third kappa shape index (κ3) is 2.64. The molecule has 0 atom stereocenters. The number of para-hydroxylation sites is 1. The maximum absolute atomic E-state index is 12.7. The van der Waals surface area contributed by atoms with E-state index < -0.39 is 10.0 Å². The van der Waals surface area contributed by atoms with Crippen molar-refractivity contribution in [3.05, 3.63) is 66.2 Å². The van der Waals surface area contributed by atoms with Crippen molar-refractivity contribution in [2.75, 3.05) is 4.72 Å². The molecular formula is C18H14N2O2S2. The molecule has 1 N–H and O–H groups in total. The molecule has 0 unspecified atom stereocenters. The highest BCUT2D eigenvalue weighted by atomic mass is 32.2. The molecule has 24 heavy (non-hydrogen) atoms. The summed E-state index contributed by atoms with van der Waals surface area (Å²) in [5.74, 6) is 0. The average molecular weight is 354 g/mol. The second kappa shape index (κ2) is 5.58. The first-order valence-corrected chi connectivity index (χ1v) is 9.71. The molecule has 6 heteroatoms. The summed E-state index contributed by atoms with van der Waals surface area (Å²) in [6, 6.07) is 18.6. The molecule has 4 nitrogen and oxygen atoms in total. The molecule has 4 rings (SSSR count). The normalized spacial score (nSPS) is 11.9. The Balaban J connectivity index is 1.74. The number of sulfonamides is 1. The number of nitrogens with zero attached hydrogens (tertiary/aromatic N) is 1. The predicted octanol–water partition coefficient (Wildman–Crippen LogP) is 4.56. The van der Waals surface area contributed by atoms with Crippen LogP contribution < -0.4 is 4.72 Å². The Hall–Kier alpha value is -2.44. The van der Waals surface area contributed by atoms with Crippen LogP contribution in [0.2, 0.25) is 0 Å². The summed E-state index contributed by atoms with van der Waals surface area (Å²) >= 11 is 1.34. The van der Waals surface area contributed by atoms with Gasteiger partial charge in [0.25, 0.3) is 10.0 Å². The molecule has 1 aromatic heterocycles. The van der Waals surface area contributed by atoms with Crippen LogP contribution in [0.1, 0.15) is 5.56 Å². The summed E-state index contributed by atoms with van der Waals surface area (Å²) in [5.41, 5.74) is 1.86. The second-order valence-corrected chi connectivity index (χ2v) is 8.27. The van der Waals surface area contributed by atoms with Gasteiger partial charge in [0.15, 0.2) is 5.13 Å². The van der Waals surface area contributed by atoms with Gasteiger partial charge in [0.05, 0.1) is 15.1 Å². The first-order valence-electron chi connectivity index (χ1n) is 7.41. The molecule has 0 saturated carbocycles. The number of aromatic nitrogens is 1. The summed E-state index contributed by atoms with van der Waals surface area (Å²) in [4.78, 5) is 4.65. The van der Waals surface area contributed by atoms with Gasteiger partial charge in [0.1, 0.15) is 0 Å². The van der Waals surface area contributed by atoms with Gasteiger partial charge in [-0.3, -0.25) is 4.72 Å². The summed E-state index contributed by atoms with van der Waals surface area (Å²) in [7, 11) is -3.67. The van der Waals surface area contributed by atoms with E-state index in [2.05, 4.69) is 9.71 Å². The number of nitrogens with one attached hydrogen (secondary N) is 1. The van der Waals surface area contributed by atoms with Gasteiger partial charge in [-0.2, -0.15) is 0 Å². The van der Waals surface area contributed by atoms with Gasteiger partial charge in [-0.1, -0.05) is 53.8 Å². The van der Waals surface area contributed by atoms with Crippen molar-refractivity contribution in [2.24, 2.45) is 0 Å². The van der Waals surface area contributed by atoms with Crippen LogP contribution in [0.15, 0.2) is 65.6 Å². The molecule has 4 aromatic rings. The van der Waals surface area contributed by atoms with E-state index in [-0.39, 0.29) is 4.90 Å². The molecule has 0 aliphatic rings. The number of thiazole rings is 1. The van der Waals surface area contributed by atoms with Crippen LogP contribution in [0, 0.1) is 6.92 Å². The summed E-state index contributed by atoms with van der Waals surface area (Å²) in [6.07, 6.45) is 0. The number of aryl methyl sites for hydroxylation is 1. The molecule has 0 saturated heterocycles. The Morgan fingerprint density at radius 1 is 0.958 bits per heavy atom. The number of rotatable bonds is 3. The fourth-order valence-electron chi connectivity index (χ4n) is 2.64. The maximum Gasteiger partial charge on any atom is 0.263 e. The van der Waals surface area contributed by atoms with E-state index >= 15 is 0 Å². The lowest BCUT2D eigenvalue weighted by Crippen LogP contribution is -2.12. The van der Waals surface area contributed by atoms with Gasteiger partial charge >= 0.3 is 0 Å². The van der Waals surface area contributed by atoms with Crippen molar-refractivity contribution >= 4 is 47.5 Å². The van der Waals surface area contributed by atoms with Crippen molar-refractivity contribution in [3.63, 3.8) is 0 Å². The highest BCUT2D eigenvalue weighted by molar-refractivity contribution is 7.93. The zero-order chi connectivity index (χ0) is 16.7. The van der Waals surface area contributed by atoms with Gasteiger partial charge in [-0.15, -0.1) is 0 Å². The van der Waals surface area contributed by atoms with Crippen molar-refractivity contribution in [3.8, 4) is 0 Å². The lowest BCUT2D eigenvalue weighted by Gasteiger charge is -2.06. The molecule has 0 aliphatic heterocycles. The standard InChI is InChI=1S/C18H14N2O2S2/c1-12-5-4-8-16-17(12)19-18(23-16)20-24(21,22)15-10-9-13-6-2-3-7-14(13)11-15/h2-11H,1H3,(H,19,20). The summed E-state index contributed by atoms with van der Waals surface area (Å²) in [6.45, 7) is 1.96. The fourth-order valence-corrected chi connectivity index (χ4v) is 4.85. The minimum atomic E-state index is -3.67. The zero-order valence-corrected chi connectivity index (χ0v) is 14.5. The third-order valence-corrected chi connectivity index (χ3v) is 6.28. The molecule has 0 fully saturated rings. The van der Waals surface area contributed by atoms with Crippen LogP contribution in [0.3, 0.4) is 0 Å². The molecule has 0 aliphatic carbocycles. The Morgan fingerprint density at radius 2 is 1.75 bits per heavy atom. The molecule has 0 spiro atoms. The second-order valence-electron chi connectivity index (χ2n) is 5.56. The Labute approximate surface area is 143 Å². The molecule has 3 aromatic carbocycles. The van der Waals surface area contributed by atoms with E-state index in [0.717, 1.165) is 26.6 Å². The Bertz CT molecular complexity index is 1160. The Kier molecular flexibility index (Phi) is 3.51. The van der Waals surface area contributed by atoms with Gasteiger partial charge in [-0.25, -0.2) is 13.4 Å². The SMILES string of the molecule is Cc1cccc2sc(NS(=O)(=O)c3ccc4ccccc4c3)nc12. The fraction of sp³-hybridized carbons (Fsp3) is 0.0556. The van der Waals surface area contributed by atoms with Crippen LogP contribution in [0.5, 0.6) is 0 Å². The van der Waals surface area contributed by atoms with E-state index in [9.17, 15) is 8.42 Å². The lowest BCUT2D eigenvalue weighted by atomic mass is 10.1. The van der Waals surface area contributed by atoms with Gasteiger partial charge in [-0.05, 0) is 41.5 Å². The molecule has 0 amide bonds. The predicted molar refractivity (Wildman–Crippen MR) is 99.1 cm³/mol. The average Bonchev–Trinajstić information content (AvgIpc) is 2.97. The van der Waals surface area contributed by atoms with E-state index in [1.54, 1.807) is 12.1 Å². The summed E-state index contributed by atoms with van der Waals surface area (Å²) < 4.78 is 28.9. The highest BCUT2D eigenvalue weighted by Crippen LogP contribution is 2.30. The smallest absolute Gasteiger partial charge is 0.255 e. The topological polar surface area (TPSA) is 59.1 Å². The van der Waals surface area contributed by atoms with Gasteiger partial charge in [0.2, 0.25) is 0 Å². The van der Waals surface area contributed by atoms with E-state index in [1.165, 1.54) is 11.3 Å². The lowest BCUT2D eigenvalue weighted by molar-refractivity contribution is 0.601. The number of benzene rings is 3. The highest BCUT2D eigenvalue weighted by Gasteiger charge is 2.17. The van der Waals surface area contributed by atoms with Crippen LogP contribution in [0.4, 0.5) is 5.13 Å². The summed E-state index contributed by atoms with van der Waals surface area (Å²) in [5, 5.41) is 2.28. The first-order chi connectivity index (χ1) is 11.5. The minimum absolute atomic E-state index is 0.233. The largest absolute Gasteiger partial charge is 0.263 e. The first kappa shape index (κ1) is 15.1. The van der Waals surface area contributed by atoms with Crippen LogP contribution in [0.25, 0.3) is 21.0 Å². The van der Waals surface area contributed by atoms with Crippen LogP contribution >= 0.6 is 11.3 Å². The third-order valence-electron chi connectivity index (χ3n) is 3.87. The van der Waals surface area contributed by atoms with Crippen molar-refractivity contribution in [1.29, 1.82) is 0 Å². The molecular weight excluding hydrogens is 340 g/mol. The van der Waals surface area contributed by atoms with Crippen LogP contribution in [-0.2, 0) is 10.0 Å². The molecule has 0 radical (unpaired) electrons. The van der Waals surface area contributed by atoms with E-state index in [0.29, 0.717) is 5.13 Å². The molecule has 120 valence electrons. The van der Waals surface area contributed by atoms with Gasteiger partial charge < -0.3 is 0 Å². The van der Waals surface area contributed by atoms with Crippen molar-refractivity contribution in [2.45, 2.75) is 11.8 Å². The number of fused-ring (bicyclic) bond motifs is 2. The molecule has 0 bridgehead atoms. The quantitative estimate of drug-likeness (QED) is 0.587. The number of hydrogen-bond donors (Lipinski definition) is 1. The monoisotopic (exact) mass is 354 g/mol. The number of hydrogen-bond acceptors (Lipinski definition) is 4. The van der Waals surface area contributed by atoms with Crippen LogP contribution in [-0.4, -0.2) is 13.4 Å². The van der Waals surface area contributed by atoms with Crippen molar-refractivity contribution < 1.29 is 8.42 Å².